The van der Waals surface area contributed by atoms with Crippen LogP contribution in [-0.2, 0) is 16.7 Å². The van der Waals surface area contributed by atoms with E-state index in [0.29, 0.717) is 41.8 Å². The number of hydrogen-bond acceptors (Lipinski definition) is 8. The van der Waals surface area contributed by atoms with Gasteiger partial charge in [-0.25, -0.2) is 4.98 Å². The Kier molecular flexibility index (Phi) is 11.2. The van der Waals surface area contributed by atoms with Crippen molar-refractivity contribution in [2.24, 2.45) is 0 Å². The summed E-state index contributed by atoms with van der Waals surface area (Å²) in [4.78, 5) is 23.1. The molecule has 280 valence electrons. The van der Waals surface area contributed by atoms with Crippen molar-refractivity contribution in [3.63, 3.8) is 0 Å². The monoisotopic (exact) mass is 723 g/mol. The Labute approximate surface area is 302 Å². The number of para-hydroxylation sites is 2. The Bertz CT molecular complexity index is 1850. The van der Waals surface area contributed by atoms with Crippen LogP contribution in [-0.4, -0.2) is 98.3 Å². The second kappa shape index (κ2) is 15.6. The molecule has 2 aliphatic rings. The number of nitrogens with zero attached hydrogens (tertiary/aromatic N) is 4. The topological polar surface area (TPSA) is 90.3 Å². The number of rotatable bonds is 13. The number of likely N-dealkylation sites (tertiary alicyclic amines) is 2. The third-order valence-electron chi connectivity index (χ3n) is 10.7. The standard InChI is InChI=1S/C39H48F3N5O5/c1-26-10-11-29(22-27(26)2)38(15-19-46(25-38)36(48)28-23-33(49-3)35(51-5)34(24-28)50-4)14-18-45-16-12-30(13-17-45)43-37-44-31-8-6-7-9-32(31)47(37)20-21-52-39(40,41)42/h6-11,22-24,30H,12-21,25H2,1-5H3,(H,43,44). The summed E-state index contributed by atoms with van der Waals surface area (Å²) in [5.41, 5.74) is 5.47. The van der Waals surface area contributed by atoms with Crippen molar-refractivity contribution in [2.45, 2.75) is 63.9 Å². The van der Waals surface area contributed by atoms with Crippen molar-refractivity contribution < 1.29 is 36.9 Å². The first-order chi connectivity index (χ1) is 24.9. The zero-order valence-electron chi connectivity index (χ0n) is 30.5. The molecule has 3 heterocycles. The first-order valence-electron chi connectivity index (χ1n) is 17.8. The number of hydrogen-bond donors (Lipinski definition) is 1. The highest BCUT2D eigenvalue weighted by molar-refractivity contribution is 5.96. The van der Waals surface area contributed by atoms with Crippen LogP contribution in [0.1, 0.15) is 52.7 Å². The summed E-state index contributed by atoms with van der Waals surface area (Å²) in [6.07, 6.45) is -1.21. The van der Waals surface area contributed by atoms with Crippen LogP contribution in [0.2, 0.25) is 0 Å². The van der Waals surface area contributed by atoms with Crippen LogP contribution in [0.4, 0.5) is 19.1 Å². The van der Waals surface area contributed by atoms with Crippen molar-refractivity contribution in [1.29, 1.82) is 0 Å². The molecule has 0 bridgehead atoms. The number of alkyl halides is 3. The summed E-state index contributed by atoms with van der Waals surface area (Å²) in [5.74, 6) is 1.81. The number of carbonyl (C=O) groups is 1. The molecule has 0 saturated carbocycles. The van der Waals surface area contributed by atoms with E-state index in [0.717, 1.165) is 56.4 Å². The fourth-order valence-corrected chi connectivity index (χ4v) is 7.61. The highest BCUT2D eigenvalue weighted by Gasteiger charge is 2.42. The molecule has 2 saturated heterocycles. The molecule has 1 unspecified atom stereocenters. The number of amides is 1. The third-order valence-corrected chi connectivity index (χ3v) is 10.7. The fourth-order valence-electron chi connectivity index (χ4n) is 7.61. The highest BCUT2D eigenvalue weighted by Crippen LogP contribution is 2.42. The first-order valence-corrected chi connectivity index (χ1v) is 17.8. The number of methoxy groups -OCH3 is 3. The van der Waals surface area contributed by atoms with Crippen LogP contribution < -0.4 is 19.5 Å². The summed E-state index contributed by atoms with van der Waals surface area (Å²) in [7, 11) is 4.62. The number of benzene rings is 3. The van der Waals surface area contributed by atoms with E-state index in [2.05, 4.69) is 47.0 Å². The lowest BCUT2D eigenvalue weighted by molar-refractivity contribution is -0.325. The maximum Gasteiger partial charge on any atom is 0.522 e. The highest BCUT2D eigenvalue weighted by atomic mass is 19.4. The molecule has 13 heteroatoms. The van der Waals surface area contributed by atoms with Gasteiger partial charge in [0.15, 0.2) is 11.5 Å². The summed E-state index contributed by atoms with van der Waals surface area (Å²) in [5, 5.41) is 3.52. The number of aryl methyl sites for hydroxylation is 2. The summed E-state index contributed by atoms with van der Waals surface area (Å²) < 4.78 is 60.6. The van der Waals surface area contributed by atoms with E-state index in [9.17, 15) is 18.0 Å². The second-order valence-corrected chi connectivity index (χ2v) is 13.9. The molecule has 1 aromatic heterocycles. The number of halogens is 3. The van der Waals surface area contributed by atoms with Crippen molar-refractivity contribution in [3.05, 3.63) is 76.9 Å². The number of carbonyl (C=O) groups excluding carboxylic acids is 1. The number of fused-ring (bicyclic) bond motifs is 1. The number of ether oxygens (including phenoxy) is 4. The molecule has 1 N–H and O–H groups in total. The average Bonchev–Trinajstić information content (AvgIpc) is 3.73. The van der Waals surface area contributed by atoms with Gasteiger partial charge in [0.1, 0.15) is 0 Å². The van der Waals surface area contributed by atoms with Gasteiger partial charge in [-0.15, -0.1) is 13.2 Å². The molecule has 0 radical (unpaired) electrons. The van der Waals surface area contributed by atoms with E-state index < -0.39 is 13.0 Å². The zero-order chi connectivity index (χ0) is 37.0. The normalized spacial score (nSPS) is 18.6. The van der Waals surface area contributed by atoms with Gasteiger partial charge in [0.2, 0.25) is 11.7 Å². The molecular formula is C39H48F3N5O5. The van der Waals surface area contributed by atoms with Gasteiger partial charge in [-0.2, -0.15) is 0 Å². The minimum atomic E-state index is -4.68. The SMILES string of the molecule is COc1cc(C(=O)N2CCC(CCN3CCC(Nc4nc5ccccc5n4CCOC(F)(F)F)CC3)(c3ccc(C)c(C)c3)C2)cc(OC)c1OC. The van der Waals surface area contributed by atoms with E-state index in [1.807, 2.05) is 29.2 Å². The van der Waals surface area contributed by atoms with E-state index in [4.69, 9.17) is 19.2 Å². The minimum Gasteiger partial charge on any atom is -0.493 e. The second-order valence-electron chi connectivity index (χ2n) is 13.9. The maximum absolute atomic E-state index is 14.0. The predicted octanol–water partition coefficient (Wildman–Crippen LogP) is 6.97. The largest absolute Gasteiger partial charge is 0.522 e. The molecule has 4 aromatic rings. The summed E-state index contributed by atoms with van der Waals surface area (Å²) >= 11 is 0. The van der Waals surface area contributed by atoms with E-state index in [-0.39, 0.29) is 23.9 Å². The van der Waals surface area contributed by atoms with Gasteiger partial charge >= 0.3 is 6.36 Å². The van der Waals surface area contributed by atoms with E-state index in [1.54, 1.807) is 38.0 Å². The lowest BCUT2D eigenvalue weighted by Gasteiger charge is -2.36. The molecule has 0 spiro atoms. The average molecular weight is 724 g/mol. The quantitative estimate of drug-likeness (QED) is 0.158. The molecule has 2 fully saturated rings. The molecule has 6 rings (SSSR count). The first kappa shape index (κ1) is 37.3. The number of piperidine rings is 1. The van der Waals surface area contributed by atoms with Crippen molar-refractivity contribution in [2.75, 3.05) is 66.0 Å². The number of imidazole rings is 1. The van der Waals surface area contributed by atoms with E-state index in [1.165, 1.54) is 16.7 Å². The van der Waals surface area contributed by atoms with Gasteiger partial charge in [0.05, 0.1) is 39.0 Å². The zero-order valence-corrected chi connectivity index (χ0v) is 30.5. The molecule has 10 nitrogen and oxygen atoms in total. The Morgan fingerprint density at radius 3 is 2.29 bits per heavy atom. The number of aromatic nitrogens is 2. The summed E-state index contributed by atoms with van der Waals surface area (Å²) in [6, 6.07) is 17.7. The Morgan fingerprint density at radius 1 is 0.923 bits per heavy atom. The van der Waals surface area contributed by atoms with Crippen LogP contribution in [0.25, 0.3) is 11.0 Å². The number of nitrogens with one attached hydrogen (secondary N) is 1. The summed E-state index contributed by atoms with van der Waals surface area (Å²) in [6.45, 7) is 7.61. The molecular weight excluding hydrogens is 675 g/mol. The molecule has 0 aliphatic carbocycles. The van der Waals surface area contributed by atoms with Crippen molar-refractivity contribution in [1.82, 2.24) is 19.4 Å². The molecule has 1 amide bonds. The molecule has 2 aliphatic heterocycles. The minimum absolute atomic E-state index is 0.0286. The van der Waals surface area contributed by atoms with E-state index >= 15 is 0 Å². The van der Waals surface area contributed by atoms with Crippen LogP contribution >= 0.6 is 0 Å². The molecule has 52 heavy (non-hydrogen) atoms. The van der Waals surface area contributed by atoms with Crippen molar-refractivity contribution >= 4 is 22.9 Å². The van der Waals surface area contributed by atoms with Crippen molar-refractivity contribution in [3.8, 4) is 17.2 Å². The Hall–Kier alpha value is -4.49. The molecule has 3 aromatic carbocycles. The Morgan fingerprint density at radius 2 is 1.63 bits per heavy atom. The lowest BCUT2D eigenvalue weighted by atomic mass is 9.75. The van der Waals surface area contributed by atoms with Gasteiger partial charge in [-0.05, 0) is 87.0 Å². The maximum atomic E-state index is 14.0. The smallest absolute Gasteiger partial charge is 0.493 e. The van der Waals surface area contributed by atoms with Gasteiger partial charge in [0, 0.05) is 49.7 Å². The van der Waals surface area contributed by atoms with Crippen LogP contribution in [0.3, 0.4) is 0 Å². The van der Waals surface area contributed by atoms with Crippen LogP contribution in [0, 0.1) is 13.8 Å². The lowest BCUT2D eigenvalue weighted by Crippen LogP contribution is -2.42. The predicted molar refractivity (Wildman–Crippen MR) is 194 cm³/mol. The van der Waals surface area contributed by atoms with Crippen LogP contribution in [0.5, 0.6) is 17.2 Å². The number of anilines is 1. The van der Waals surface area contributed by atoms with Gasteiger partial charge in [-0.1, -0.05) is 30.3 Å². The van der Waals surface area contributed by atoms with Gasteiger partial charge < -0.3 is 33.9 Å². The fraction of sp³-hybridized carbons (Fsp3) is 0.487. The Balaban J connectivity index is 1.13. The molecule has 1 atom stereocenters. The van der Waals surface area contributed by atoms with Gasteiger partial charge in [0.25, 0.3) is 5.91 Å². The van der Waals surface area contributed by atoms with Crippen LogP contribution in [0.15, 0.2) is 54.6 Å². The third kappa shape index (κ3) is 8.10. The van der Waals surface area contributed by atoms with Gasteiger partial charge in [-0.3, -0.25) is 9.53 Å².